The van der Waals surface area contributed by atoms with Crippen molar-refractivity contribution in [2.24, 2.45) is 0 Å². The normalized spacial score (nSPS) is 7.67. The lowest BCUT2D eigenvalue weighted by Gasteiger charge is -1.79. The Morgan fingerprint density at radius 3 is 2.50 bits per heavy atom. The van der Waals surface area contributed by atoms with E-state index in [1.54, 1.807) is 6.92 Å². The second-order valence-corrected chi connectivity index (χ2v) is 1.19. The Hall–Kier alpha value is -0.0500. The van der Waals surface area contributed by atoms with Crippen LogP contribution in [0.2, 0.25) is 0 Å². The van der Waals surface area contributed by atoms with E-state index in [1.807, 2.05) is 0 Å². The third-order valence-electron chi connectivity index (χ3n) is 0.397. The minimum atomic E-state index is -0.116. The van der Waals surface area contributed by atoms with Crippen molar-refractivity contribution in [2.75, 3.05) is 0 Å². The number of nitrogens with zero attached hydrogens (tertiary/aromatic N) is 1. The first-order valence-electron chi connectivity index (χ1n) is 1.66. The zero-order valence-corrected chi connectivity index (χ0v) is 5.03. The number of carbonyl (C=O) groups is 1. The Bertz CT molecular complexity index is 48.8. The van der Waals surface area contributed by atoms with Gasteiger partial charge in [0.05, 0.1) is 16.1 Å². The first-order valence-corrected chi connectivity index (χ1v) is 2.37. The Morgan fingerprint density at radius 2 is 2.50 bits per heavy atom. The quantitative estimate of drug-likeness (QED) is 0.546. The number of amides is 1. The maximum Gasteiger partial charge on any atom is 0.252 e. The summed E-state index contributed by atoms with van der Waals surface area (Å²) >= 11 is 2.65. The van der Waals surface area contributed by atoms with Crippen molar-refractivity contribution < 1.29 is 4.79 Å². The third kappa shape index (κ3) is 2.20. The van der Waals surface area contributed by atoms with Gasteiger partial charge >= 0.3 is 0 Å². The zero-order valence-electron chi connectivity index (χ0n) is 3.44. The van der Waals surface area contributed by atoms with Gasteiger partial charge in [-0.2, -0.15) is 4.34 Å². The standard InChI is InChI=1S/C3H5BrNO/c1-2-3(6)5-4/h2H2,1H3. The Morgan fingerprint density at radius 1 is 2.00 bits per heavy atom. The summed E-state index contributed by atoms with van der Waals surface area (Å²) in [6, 6.07) is 0. The molecule has 35 valence electrons. The minimum absolute atomic E-state index is 0.116. The summed E-state index contributed by atoms with van der Waals surface area (Å²) in [7, 11) is 0. The van der Waals surface area contributed by atoms with Crippen molar-refractivity contribution in [1.29, 1.82) is 0 Å². The minimum Gasteiger partial charge on any atom is -0.272 e. The topological polar surface area (TPSA) is 31.2 Å². The molecule has 0 N–H and O–H groups in total. The molecule has 3 heteroatoms. The number of carbonyl (C=O) groups excluding carboxylic acids is 1. The Balaban J connectivity index is 2.99. The predicted molar refractivity (Wildman–Crippen MR) is 26.4 cm³/mol. The van der Waals surface area contributed by atoms with E-state index in [4.69, 9.17) is 0 Å². The highest BCUT2D eigenvalue weighted by molar-refractivity contribution is 9.08. The number of hydrogen-bond acceptors (Lipinski definition) is 1. The van der Waals surface area contributed by atoms with Crippen molar-refractivity contribution in [3.8, 4) is 0 Å². The van der Waals surface area contributed by atoms with E-state index < -0.39 is 0 Å². The molecule has 0 spiro atoms. The third-order valence-corrected chi connectivity index (χ3v) is 0.792. The fourth-order valence-electron chi connectivity index (χ4n) is 0.0598. The summed E-state index contributed by atoms with van der Waals surface area (Å²) in [5.41, 5.74) is 0. The molecule has 1 radical (unpaired) electrons. The van der Waals surface area contributed by atoms with Gasteiger partial charge in [-0.1, -0.05) is 6.92 Å². The zero-order chi connectivity index (χ0) is 4.99. The summed E-state index contributed by atoms with van der Waals surface area (Å²) in [5, 5.41) is 0. The van der Waals surface area contributed by atoms with Crippen LogP contribution in [0.25, 0.3) is 0 Å². The molecule has 0 saturated carbocycles. The fourth-order valence-corrected chi connectivity index (χ4v) is 0.311. The van der Waals surface area contributed by atoms with Crippen LogP contribution in [0.5, 0.6) is 0 Å². The molecule has 2 nitrogen and oxygen atoms in total. The van der Waals surface area contributed by atoms with E-state index in [9.17, 15) is 4.79 Å². The average Bonchev–Trinajstić information content (AvgIpc) is 1.65. The molecule has 0 bridgehead atoms. The van der Waals surface area contributed by atoms with E-state index in [1.165, 1.54) is 0 Å². The van der Waals surface area contributed by atoms with Gasteiger partial charge in [-0.25, -0.2) is 0 Å². The van der Waals surface area contributed by atoms with Gasteiger partial charge in [0.2, 0.25) is 0 Å². The highest BCUT2D eigenvalue weighted by atomic mass is 79.9. The van der Waals surface area contributed by atoms with Gasteiger partial charge in [0, 0.05) is 6.42 Å². The van der Waals surface area contributed by atoms with Gasteiger partial charge in [-0.05, 0) is 0 Å². The van der Waals surface area contributed by atoms with Gasteiger partial charge in [-0.3, -0.25) is 4.79 Å². The van der Waals surface area contributed by atoms with Crippen LogP contribution in [0.4, 0.5) is 0 Å². The number of halogens is 1. The molecule has 0 rings (SSSR count). The molecule has 0 aliphatic heterocycles. The van der Waals surface area contributed by atoms with Crippen molar-refractivity contribution in [1.82, 2.24) is 4.34 Å². The molecule has 0 fully saturated rings. The molecule has 6 heavy (non-hydrogen) atoms. The maximum atomic E-state index is 9.97. The molecule has 0 heterocycles. The molecular formula is C3H5BrNO. The van der Waals surface area contributed by atoms with Crippen molar-refractivity contribution in [2.45, 2.75) is 13.3 Å². The first-order chi connectivity index (χ1) is 2.81. The van der Waals surface area contributed by atoms with Crippen LogP contribution < -0.4 is 4.34 Å². The van der Waals surface area contributed by atoms with E-state index in [-0.39, 0.29) is 5.91 Å². The van der Waals surface area contributed by atoms with E-state index in [0.717, 1.165) is 0 Å². The largest absolute Gasteiger partial charge is 0.272 e. The maximum absolute atomic E-state index is 9.97. The lowest BCUT2D eigenvalue weighted by molar-refractivity contribution is -0.118. The van der Waals surface area contributed by atoms with Gasteiger partial charge in [0.15, 0.2) is 0 Å². The van der Waals surface area contributed by atoms with Crippen molar-refractivity contribution >= 4 is 22.1 Å². The molecule has 0 aliphatic carbocycles. The second-order valence-electron chi connectivity index (χ2n) is 0.832. The van der Waals surface area contributed by atoms with Gasteiger partial charge < -0.3 is 0 Å². The molecular weight excluding hydrogens is 146 g/mol. The number of rotatable bonds is 1. The monoisotopic (exact) mass is 150 g/mol. The summed E-state index contributed by atoms with van der Waals surface area (Å²) in [4.78, 5) is 9.97. The Kier molecular flexibility index (Phi) is 3.13. The summed E-state index contributed by atoms with van der Waals surface area (Å²) in [5.74, 6) is -0.116. The molecule has 0 aromatic rings. The Labute approximate surface area is 45.3 Å². The van der Waals surface area contributed by atoms with Crippen LogP contribution in [0, 0.1) is 0 Å². The van der Waals surface area contributed by atoms with E-state index in [2.05, 4.69) is 20.5 Å². The van der Waals surface area contributed by atoms with Gasteiger partial charge in [0.1, 0.15) is 0 Å². The van der Waals surface area contributed by atoms with Crippen molar-refractivity contribution in [3.05, 3.63) is 0 Å². The summed E-state index contributed by atoms with van der Waals surface area (Å²) < 4.78 is 3.18. The molecule has 0 aliphatic rings. The van der Waals surface area contributed by atoms with E-state index >= 15 is 0 Å². The number of hydrogen-bond donors (Lipinski definition) is 0. The fraction of sp³-hybridized carbons (Fsp3) is 0.667. The molecule has 0 aromatic heterocycles. The molecule has 1 amide bonds. The summed E-state index contributed by atoms with van der Waals surface area (Å²) in [6.45, 7) is 1.76. The van der Waals surface area contributed by atoms with Crippen LogP contribution in [-0.2, 0) is 4.79 Å². The van der Waals surface area contributed by atoms with Crippen LogP contribution in [0.3, 0.4) is 0 Å². The lowest BCUT2D eigenvalue weighted by atomic mass is 10.5. The van der Waals surface area contributed by atoms with Crippen LogP contribution in [0.1, 0.15) is 13.3 Å². The first kappa shape index (κ1) is 5.95. The average molecular weight is 151 g/mol. The molecule has 0 unspecified atom stereocenters. The molecule has 0 aromatic carbocycles. The highest BCUT2D eigenvalue weighted by Gasteiger charge is 1.89. The highest BCUT2D eigenvalue weighted by Crippen LogP contribution is 1.79. The SMILES string of the molecule is CCC(=O)[N]Br. The smallest absolute Gasteiger partial charge is 0.252 e. The van der Waals surface area contributed by atoms with Crippen LogP contribution in [0.15, 0.2) is 0 Å². The lowest BCUT2D eigenvalue weighted by Crippen LogP contribution is -2.00. The molecule has 0 atom stereocenters. The van der Waals surface area contributed by atoms with Crippen molar-refractivity contribution in [3.63, 3.8) is 0 Å². The van der Waals surface area contributed by atoms with E-state index in [0.29, 0.717) is 6.42 Å². The van der Waals surface area contributed by atoms with Gasteiger partial charge in [0.25, 0.3) is 5.91 Å². The summed E-state index contributed by atoms with van der Waals surface area (Å²) in [6.07, 6.45) is 0.477. The molecule has 0 saturated heterocycles. The van der Waals surface area contributed by atoms with Crippen LogP contribution in [-0.4, -0.2) is 5.91 Å². The van der Waals surface area contributed by atoms with Gasteiger partial charge in [-0.15, -0.1) is 0 Å². The van der Waals surface area contributed by atoms with Crippen LogP contribution >= 0.6 is 16.1 Å². The second kappa shape index (κ2) is 3.15. The predicted octanol–water partition coefficient (Wildman–Crippen LogP) is 0.837.